The molecule has 12 heteroatoms. The van der Waals surface area contributed by atoms with Gasteiger partial charge in [-0.2, -0.15) is 5.10 Å². The van der Waals surface area contributed by atoms with Crippen molar-refractivity contribution in [3.05, 3.63) is 82.1 Å². The van der Waals surface area contributed by atoms with Crippen molar-refractivity contribution in [3.63, 3.8) is 0 Å². The minimum Gasteiger partial charge on any atom is -0.493 e. The summed E-state index contributed by atoms with van der Waals surface area (Å²) in [5.41, 5.74) is 3.63. The third-order valence-corrected chi connectivity index (χ3v) is 5.66. The summed E-state index contributed by atoms with van der Waals surface area (Å²) in [4.78, 5) is 36.2. The Bertz CT molecular complexity index is 1370. The van der Waals surface area contributed by atoms with Gasteiger partial charge in [-0.3, -0.25) is 14.4 Å². The molecule has 0 aliphatic carbocycles. The standard InChI is InChI=1S/C27H26BrFN4O6/c1-37-23-9-6-17(13-24(23)38-2)10-11-30-26(35)27(36)33-31-15-18-4-3-5-20(12-18)39-16-25(34)32-22-8-7-19(28)14-21(22)29/h3-9,12-15H,10-11,16H2,1-2H3,(H,30,35)(H,32,34)(H,33,36)/b31-15-. The summed E-state index contributed by atoms with van der Waals surface area (Å²) in [5.74, 6) is -1.37. The number of hydrazone groups is 1. The highest BCUT2D eigenvalue weighted by atomic mass is 79.9. The highest BCUT2D eigenvalue weighted by Crippen LogP contribution is 2.27. The van der Waals surface area contributed by atoms with Crippen molar-refractivity contribution in [3.8, 4) is 17.2 Å². The number of halogens is 2. The van der Waals surface area contributed by atoms with E-state index in [2.05, 4.69) is 37.1 Å². The fourth-order valence-electron chi connectivity index (χ4n) is 3.26. The fourth-order valence-corrected chi connectivity index (χ4v) is 3.60. The molecule has 0 bridgehead atoms. The first-order chi connectivity index (χ1) is 18.8. The zero-order valence-corrected chi connectivity index (χ0v) is 22.7. The second-order valence-electron chi connectivity index (χ2n) is 7.93. The van der Waals surface area contributed by atoms with Crippen LogP contribution in [0.5, 0.6) is 17.2 Å². The first-order valence-electron chi connectivity index (χ1n) is 11.6. The molecule has 0 saturated carbocycles. The van der Waals surface area contributed by atoms with Gasteiger partial charge < -0.3 is 24.8 Å². The van der Waals surface area contributed by atoms with E-state index in [1.54, 1.807) is 49.6 Å². The minimum atomic E-state index is -0.928. The molecule has 0 unspecified atom stereocenters. The summed E-state index contributed by atoms with van der Waals surface area (Å²) in [6, 6.07) is 16.2. The summed E-state index contributed by atoms with van der Waals surface area (Å²) >= 11 is 3.15. The summed E-state index contributed by atoms with van der Waals surface area (Å²) in [6.45, 7) is -0.122. The molecule has 0 aliphatic rings. The SMILES string of the molecule is COc1ccc(CCNC(=O)C(=O)N/N=C\c2cccc(OCC(=O)Nc3ccc(Br)cc3F)c2)cc1OC. The predicted molar refractivity (Wildman–Crippen MR) is 147 cm³/mol. The molecule has 0 saturated heterocycles. The molecular weight excluding hydrogens is 575 g/mol. The summed E-state index contributed by atoms with van der Waals surface area (Å²) in [5, 5.41) is 8.74. The Labute approximate surface area is 232 Å². The largest absolute Gasteiger partial charge is 0.493 e. The van der Waals surface area contributed by atoms with E-state index in [9.17, 15) is 18.8 Å². The van der Waals surface area contributed by atoms with Crippen molar-refractivity contribution in [2.24, 2.45) is 5.10 Å². The normalized spacial score (nSPS) is 10.6. The monoisotopic (exact) mass is 600 g/mol. The average Bonchev–Trinajstić information content (AvgIpc) is 2.93. The second-order valence-corrected chi connectivity index (χ2v) is 8.84. The molecule has 0 heterocycles. The zero-order valence-electron chi connectivity index (χ0n) is 21.1. The Kier molecular flexibility index (Phi) is 10.8. The van der Waals surface area contributed by atoms with Crippen LogP contribution >= 0.6 is 15.9 Å². The van der Waals surface area contributed by atoms with Crippen LogP contribution < -0.4 is 30.3 Å². The molecule has 204 valence electrons. The number of carbonyl (C=O) groups is 3. The molecule has 3 aromatic carbocycles. The maximum absolute atomic E-state index is 13.9. The van der Waals surface area contributed by atoms with E-state index < -0.39 is 23.5 Å². The molecule has 0 aliphatic heterocycles. The van der Waals surface area contributed by atoms with Gasteiger partial charge in [0.05, 0.1) is 26.1 Å². The van der Waals surface area contributed by atoms with Crippen LogP contribution in [-0.4, -0.2) is 51.3 Å². The van der Waals surface area contributed by atoms with Crippen LogP contribution in [-0.2, 0) is 20.8 Å². The zero-order chi connectivity index (χ0) is 28.2. The van der Waals surface area contributed by atoms with Crippen molar-refractivity contribution in [1.82, 2.24) is 10.7 Å². The first-order valence-corrected chi connectivity index (χ1v) is 12.4. The van der Waals surface area contributed by atoms with E-state index in [1.165, 1.54) is 25.5 Å². The Morgan fingerprint density at radius 2 is 1.77 bits per heavy atom. The molecule has 0 fully saturated rings. The van der Waals surface area contributed by atoms with Gasteiger partial charge >= 0.3 is 11.8 Å². The van der Waals surface area contributed by atoms with Crippen molar-refractivity contribution in [2.75, 3.05) is 32.7 Å². The van der Waals surface area contributed by atoms with Crippen LogP contribution in [0.25, 0.3) is 0 Å². The molecule has 39 heavy (non-hydrogen) atoms. The molecule has 0 radical (unpaired) electrons. The molecule has 3 aromatic rings. The molecule has 0 aromatic heterocycles. The van der Waals surface area contributed by atoms with E-state index in [0.29, 0.717) is 33.7 Å². The summed E-state index contributed by atoms with van der Waals surface area (Å²) < 4.78 is 30.3. The lowest BCUT2D eigenvalue weighted by atomic mass is 10.1. The van der Waals surface area contributed by atoms with Gasteiger partial charge in [-0.15, -0.1) is 0 Å². The van der Waals surface area contributed by atoms with Crippen LogP contribution in [0.2, 0.25) is 0 Å². The third-order valence-electron chi connectivity index (χ3n) is 5.17. The van der Waals surface area contributed by atoms with Crippen LogP contribution in [0.1, 0.15) is 11.1 Å². The fraction of sp³-hybridized carbons (Fsp3) is 0.185. The van der Waals surface area contributed by atoms with E-state index in [1.807, 2.05) is 6.07 Å². The number of anilines is 1. The number of ether oxygens (including phenoxy) is 3. The van der Waals surface area contributed by atoms with Crippen molar-refractivity contribution >= 4 is 45.6 Å². The molecule has 0 spiro atoms. The molecule has 3 rings (SSSR count). The van der Waals surface area contributed by atoms with Gasteiger partial charge in [0, 0.05) is 11.0 Å². The van der Waals surface area contributed by atoms with Crippen molar-refractivity contribution in [2.45, 2.75) is 6.42 Å². The highest BCUT2D eigenvalue weighted by molar-refractivity contribution is 9.10. The van der Waals surface area contributed by atoms with E-state index in [0.717, 1.165) is 5.56 Å². The number of benzene rings is 3. The number of amides is 3. The first kappa shape index (κ1) is 29.1. The van der Waals surface area contributed by atoms with Crippen molar-refractivity contribution < 1.29 is 33.0 Å². The van der Waals surface area contributed by atoms with Gasteiger partial charge in [0.2, 0.25) is 0 Å². The third kappa shape index (κ3) is 9.11. The quantitative estimate of drug-likeness (QED) is 0.176. The number of hydrogen-bond donors (Lipinski definition) is 3. The Morgan fingerprint density at radius 1 is 0.974 bits per heavy atom. The summed E-state index contributed by atoms with van der Waals surface area (Å²) in [7, 11) is 3.08. The molecular formula is C27H26BrFN4O6. The number of carbonyl (C=O) groups excluding carboxylic acids is 3. The lowest BCUT2D eigenvalue weighted by Crippen LogP contribution is -2.38. The minimum absolute atomic E-state index is 0.0356. The number of nitrogens with zero attached hydrogens (tertiary/aromatic N) is 1. The van der Waals surface area contributed by atoms with Crippen molar-refractivity contribution in [1.29, 1.82) is 0 Å². The van der Waals surface area contributed by atoms with Crippen LogP contribution in [0.3, 0.4) is 0 Å². The second kappa shape index (κ2) is 14.5. The lowest BCUT2D eigenvalue weighted by Gasteiger charge is -2.10. The van der Waals surface area contributed by atoms with Crippen LogP contribution in [0.4, 0.5) is 10.1 Å². The van der Waals surface area contributed by atoms with E-state index >= 15 is 0 Å². The van der Waals surface area contributed by atoms with Crippen LogP contribution in [0.15, 0.2) is 70.2 Å². The van der Waals surface area contributed by atoms with Gasteiger partial charge in [0.1, 0.15) is 11.6 Å². The van der Waals surface area contributed by atoms with Gasteiger partial charge in [-0.1, -0.05) is 34.1 Å². The Balaban J connectivity index is 1.42. The Hall–Kier alpha value is -4.45. The van der Waals surface area contributed by atoms with Crippen LogP contribution in [0, 0.1) is 5.82 Å². The lowest BCUT2D eigenvalue weighted by molar-refractivity contribution is -0.139. The van der Waals surface area contributed by atoms with Gasteiger partial charge in [-0.25, -0.2) is 9.82 Å². The van der Waals surface area contributed by atoms with E-state index in [-0.39, 0.29) is 18.8 Å². The average molecular weight is 601 g/mol. The molecule has 0 atom stereocenters. The maximum atomic E-state index is 13.9. The number of hydrogen-bond acceptors (Lipinski definition) is 7. The van der Waals surface area contributed by atoms with E-state index in [4.69, 9.17) is 14.2 Å². The van der Waals surface area contributed by atoms with Gasteiger partial charge in [0.25, 0.3) is 5.91 Å². The molecule has 3 amide bonds. The molecule has 3 N–H and O–H groups in total. The number of methoxy groups -OCH3 is 2. The topological polar surface area (TPSA) is 127 Å². The predicted octanol–water partition coefficient (Wildman–Crippen LogP) is 3.43. The number of nitrogens with one attached hydrogen (secondary N) is 3. The summed E-state index contributed by atoms with van der Waals surface area (Å²) in [6.07, 6.45) is 1.80. The van der Waals surface area contributed by atoms with Gasteiger partial charge in [-0.05, 0) is 60.0 Å². The maximum Gasteiger partial charge on any atom is 0.329 e. The smallest absolute Gasteiger partial charge is 0.329 e. The van der Waals surface area contributed by atoms with Gasteiger partial charge in [0.15, 0.2) is 18.1 Å². The Morgan fingerprint density at radius 3 is 2.51 bits per heavy atom. The number of rotatable bonds is 11. The molecule has 10 nitrogen and oxygen atoms in total. The highest BCUT2D eigenvalue weighted by Gasteiger charge is 2.12.